The molecule has 0 atom stereocenters. The van der Waals surface area contributed by atoms with Crippen LogP contribution in [-0.4, -0.2) is 11.8 Å². The number of piperidine rings is 1. The van der Waals surface area contributed by atoms with Gasteiger partial charge in [-0.2, -0.15) is 0 Å². The second-order valence-electron chi connectivity index (χ2n) is 4.49. The molecule has 90 valence electrons. The van der Waals surface area contributed by atoms with Crippen molar-refractivity contribution in [1.29, 1.82) is 0 Å². The van der Waals surface area contributed by atoms with E-state index in [1.807, 2.05) is 6.92 Å². The van der Waals surface area contributed by atoms with Crippen LogP contribution < -0.4 is 5.32 Å². The summed E-state index contributed by atoms with van der Waals surface area (Å²) < 4.78 is 0. The van der Waals surface area contributed by atoms with Gasteiger partial charge in [0.25, 0.3) is 0 Å². The first-order chi connectivity index (χ1) is 7.92. The van der Waals surface area contributed by atoms with Gasteiger partial charge in [0.05, 0.1) is 10.0 Å². The van der Waals surface area contributed by atoms with E-state index < -0.39 is 5.41 Å². The van der Waals surface area contributed by atoms with E-state index in [1.54, 1.807) is 18.2 Å². The molecule has 1 aliphatic heterocycles. The Balaban J connectivity index is 2.47. The Labute approximate surface area is 109 Å². The summed E-state index contributed by atoms with van der Waals surface area (Å²) in [7, 11) is 0. The van der Waals surface area contributed by atoms with Crippen LogP contribution in [0.1, 0.15) is 25.3 Å². The van der Waals surface area contributed by atoms with E-state index in [1.165, 1.54) is 0 Å². The number of rotatable bonds is 1. The molecule has 2 amide bonds. The Hall–Kier alpha value is -1.06. The molecule has 5 heteroatoms. The number of amides is 2. The van der Waals surface area contributed by atoms with Crippen LogP contribution >= 0.6 is 23.2 Å². The molecule has 0 unspecified atom stereocenters. The summed E-state index contributed by atoms with van der Waals surface area (Å²) in [4.78, 5) is 22.9. The van der Waals surface area contributed by atoms with Crippen LogP contribution in [-0.2, 0) is 15.0 Å². The van der Waals surface area contributed by atoms with Crippen molar-refractivity contribution in [1.82, 2.24) is 5.32 Å². The Morgan fingerprint density at radius 3 is 2.35 bits per heavy atom. The van der Waals surface area contributed by atoms with Crippen molar-refractivity contribution in [3.8, 4) is 0 Å². The molecule has 3 nitrogen and oxygen atoms in total. The maximum absolute atomic E-state index is 11.5. The SMILES string of the molecule is CC1(c2cccc(Cl)c2Cl)CC(=O)NC(=O)C1. The molecule has 0 aromatic heterocycles. The van der Waals surface area contributed by atoms with Crippen molar-refractivity contribution in [3.63, 3.8) is 0 Å². The van der Waals surface area contributed by atoms with E-state index in [2.05, 4.69) is 5.32 Å². The molecule has 17 heavy (non-hydrogen) atoms. The minimum atomic E-state index is -0.582. The van der Waals surface area contributed by atoms with Gasteiger partial charge in [-0.05, 0) is 11.6 Å². The average Bonchev–Trinajstić information content (AvgIpc) is 2.19. The maximum Gasteiger partial charge on any atom is 0.227 e. The summed E-state index contributed by atoms with van der Waals surface area (Å²) >= 11 is 12.1. The van der Waals surface area contributed by atoms with Crippen molar-refractivity contribution in [2.75, 3.05) is 0 Å². The topological polar surface area (TPSA) is 46.2 Å². The lowest BCUT2D eigenvalue weighted by Crippen LogP contribution is -2.45. The molecule has 1 fully saturated rings. The van der Waals surface area contributed by atoms with E-state index in [0.29, 0.717) is 10.0 Å². The van der Waals surface area contributed by atoms with Gasteiger partial charge in [0.2, 0.25) is 11.8 Å². The highest BCUT2D eigenvalue weighted by molar-refractivity contribution is 6.42. The van der Waals surface area contributed by atoms with E-state index >= 15 is 0 Å². The third-order valence-electron chi connectivity index (χ3n) is 2.98. The molecule has 1 aromatic carbocycles. The third-order valence-corrected chi connectivity index (χ3v) is 3.80. The monoisotopic (exact) mass is 271 g/mol. The minimum Gasteiger partial charge on any atom is -0.296 e. The van der Waals surface area contributed by atoms with Crippen LogP contribution in [0.5, 0.6) is 0 Å². The largest absolute Gasteiger partial charge is 0.296 e. The quantitative estimate of drug-likeness (QED) is 0.799. The fourth-order valence-corrected chi connectivity index (χ4v) is 2.70. The second-order valence-corrected chi connectivity index (χ2v) is 5.27. The number of nitrogens with one attached hydrogen (secondary N) is 1. The molecule has 1 saturated heterocycles. The molecule has 0 spiro atoms. The van der Waals surface area contributed by atoms with Crippen LogP contribution in [0.2, 0.25) is 10.0 Å². The number of carbonyl (C=O) groups excluding carboxylic acids is 2. The van der Waals surface area contributed by atoms with Crippen LogP contribution in [0.3, 0.4) is 0 Å². The zero-order chi connectivity index (χ0) is 12.6. The van der Waals surface area contributed by atoms with E-state index in [4.69, 9.17) is 23.2 Å². The van der Waals surface area contributed by atoms with Gasteiger partial charge in [0.1, 0.15) is 0 Å². The lowest BCUT2D eigenvalue weighted by molar-refractivity contribution is -0.135. The number of imide groups is 1. The van der Waals surface area contributed by atoms with Gasteiger partial charge < -0.3 is 0 Å². The predicted molar refractivity (Wildman–Crippen MR) is 66.2 cm³/mol. The molecule has 1 N–H and O–H groups in total. The molecule has 0 aliphatic carbocycles. The zero-order valence-electron chi connectivity index (χ0n) is 9.22. The zero-order valence-corrected chi connectivity index (χ0v) is 10.7. The van der Waals surface area contributed by atoms with Crippen LogP contribution in [0.4, 0.5) is 0 Å². The summed E-state index contributed by atoms with van der Waals surface area (Å²) in [5.74, 6) is -0.556. The van der Waals surface area contributed by atoms with Crippen molar-refractivity contribution >= 4 is 35.0 Å². The molecule has 2 rings (SSSR count). The summed E-state index contributed by atoms with van der Waals surface area (Å²) in [6, 6.07) is 5.26. The third kappa shape index (κ3) is 2.31. The first-order valence-corrected chi connectivity index (χ1v) is 5.95. The van der Waals surface area contributed by atoms with Crippen molar-refractivity contribution < 1.29 is 9.59 Å². The lowest BCUT2D eigenvalue weighted by atomic mass is 9.74. The summed E-state index contributed by atoms with van der Waals surface area (Å²) in [6.07, 6.45) is 0.470. The van der Waals surface area contributed by atoms with E-state index in [9.17, 15) is 9.59 Å². The Bertz CT molecular complexity index is 483. The molecule has 1 aromatic rings. The number of hydrogen-bond acceptors (Lipinski definition) is 2. The molecular weight excluding hydrogens is 261 g/mol. The molecule has 0 radical (unpaired) electrons. The highest BCUT2D eigenvalue weighted by atomic mass is 35.5. The number of halogens is 2. The Morgan fingerprint density at radius 1 is 1.18 bits per heavy atom. The van der Waals surface area contributed by atoms with Crippen molar-refractivity contribution in [3.05, 3.63) is 33.8 Å². The fourth-order valence-electron chi connectivity index (χ4n) is 2.18. The van der Waals surface area contributed by atoms with Gasteiger partial charge in [0.15, 0.2) is 0 Å². The van der Waals surface area contributed by atoms with Crippen LogP contribution in [0.15, 0.2) is 18.2 Å². The first-order valence-electron chi connectivity index (χ1n) is 5.19. The number of carbonyl (C=O) groups is 2. The van der Waals surface area contributed by atoms with E-state index in [0.717, 1.165) is 5.56 Å². The van der Waals surface area contributed by atoms with Gasteiger partial charge in [-0.25, -0.2) is 0 Å². The van der Waals surface area contributed by atoms with Crippen LogP contribution in [0, 0.1) is 0 Å². The smallest absolute Gasteiger partial charge is 0.227 e. The summed E-state index contributed by atoms with van der Waals surface area (Å²) in [5.41, 5.74) is 0.163. The molecule has 0 saturated carbocycles. The Kier molecular flexibility index (Phi) is 3.15. The van der Waals surface area contributed by atoms with Gasteiger partial charge in [-0.15, -0.1) is 0 Å². The first kappa shape index (κ1) is 12.4. The number of benzene rings is 1. The lowest BCUT2D eigenvalue weighted by Gasteiger charge is -2.33. The molecule has 1 aliphatic rings. The van der Waals surface area contributed by atoms with Gasteiger partial charge in [0, 0.05) is 18.3 Å². The average molecular weight is 272 g/mol. The number of hydrogen-bond donors (Lipinski definition) is 1. The normalized spacial score (nSPS) is 19.0. The fraction of sp³-hybridized carbons (Fsp3) is 0.333. The second kappa shape index (κ2) is 4.31. The molecular formula is C12H11Cl2NO2. The van der Waals surface area contributed by atoms with Gasteiger partial charge in [-0.1, -0.05) is 42.3 Å². The Morgan fingerprint density at radius 2 is 1.76 bits per heavy atom. The maximum atomic E-state index is 11.5. The predicted octanol–water partition coefficient (Wildman–Crippen LogP) is 2.69. The summed E-state index contributed by atoms with van der Waals surface area (Å²) in [6.45, 7) is 1.85. The highest BCUT2D eigenvalue weighted by Gasteiger charge is 2.38. The van der Waals surface area contributed by atoms with Crippen LogP contribution in [0.25, 0.3) is 0 Å². The van der Waals surface area contributed by atoms with Crippen molar-refractivity contribution in [2.45, 2.75) is 25.2 Å². The van der Waals surface area contributed by atoms with Crippen molar-refractivity contribution in [2.24, 2.45) is 0 Å². The summed E-state index contributed by atoms with van der Waals surface area (Å²) in [5, 5.41) is 3.13. The minimum absolute atomic E-state index is 0.235. The standard InChI is InChI=1S/C12H11Cl2NO2/c1-12(5-9(16)15-10(17)6-12)7-3-2-4-8(13)11(7)14/h2-4H,5-6H2,1H3,(H,15,16,17). The van der Waals surface area contributed by atoms with Gasteiger partial charge in [-0.3, -0.25) is 14.9 Å². The van der Waals surface area contributed by atoms with Gasteiger partial charge >= 0.3 is 0 Å². The van der Waals surface area contributed by atoms with E-state index in [-0.39, 0.29) is 24.7 Å². The molecule has 1 heterocycles. The molecule has 0 bridgehead atoms. The highest BCUT2D eigenvalue weighted by Crippen LogP contribution is 2.40.